The van der Waals surface area contributed by atoms with Gasteiger partial charge in [-0.3, -0.25) is 0 Å². The minimum atomic E-state index is -3.56. The summed E-state index contributed by atoms with van der Waals surface area (Å²) >= 11 is 0. The van der Waals surface area contributed by atoms with Crippen LogP contribution in [0.15, 0.2) is 11.0 Å². The van der Waals surface area contributed by atoms with Crippen LogP contribution in [0.3, 0.4) is 0 Å². The van der Waals surface area contributed by atoms with Crippen molar-refractivity contribution in [2.45, 2.75) is 44.6 Å². The zero-order chi connectivity index (χ0) is 15.9. The zero-order valence-corrected chi connectivity index (χ0v) is 13.9. The van der Waals surface area contributed by atoms with Crippen LogP contribution >= 0.6 is 0 Å². The van der Waals surface area contributed by atoms with Gasteiger partial charge in [-0.2, -0.15) is 0 Å². The number of hydrogen-bond acceptors (Lipinski definition) is 4. The maximum absolute atomic E-state index is 12.8. The quantitative estimate of drug-likeness (QED) is 0.827. The van der Waals surface area contributed by atoms with Gasteiger partial charge in [0.1, 0.15) is 0 Å². The number of anilines is 1. The maximum atomic E-state index is 12.8. The molecule has 1 aromatic carbocycles. The van der Waals surface area contributed by atoms with Gasteiger partial charge in [-0.05, 0) is 62.3 Å². The van der Waals surface area contributed by atoms with Crippen molar-refractivity contribution in [3.8, 4) is 0 Å². The molecule has 0 atom stereocenters. The van der Waals surface area contributed by atoms with Crippen LogP contribution in [-0.2, 0) is 10.0 Å². The van der Waals surface area contributed by atoms with E-state index in [1.54, 1.807) is 14.0 Å². The fraction of sp³-hybridized carbons (Fsp3) is 0.600. The van der Waals surface area contributed by atoms with E-state index in [9.17, 15) is 13.5 Å². The minimum absolute atomic E-state index is 0.238. The second-order valence-corrected chi connectivity index (χ2v) is 8.12. The number of benzene rings is 1. The standard InChI is InChI=1S/C15H24N2O3S/c1-9-5-14(16)11(3)15(10(9)2)21(19,20)17(4)8-12-6-13(18)7-12/h5,12-13,18H,6-8,16H2,1-4H3. The molecule has 2 rings (SSSR count). The Morgan fingerprint density at radius 1 is 1.29 bits per heavy atom. The lowest BCUT2D eigenvalue weighted by Gasteiger charge is -2.34. The fourth-order valence-corrected chi connectivity index (χ4v) is 4.67. The normalized spacial score (nSPS) is 22.4. The molecule has 0 radical (unpaired) electrons. The van der Waals surface area contributed by atoms with Gasteiger partial charge in [-0.25, -0.2) is 12.7 Å². The second-order valence-electron chi connectivity index (χ2n) is 6.14. The van der Waals surface area contributed by atoms with Gasteiger partial charge in [0.2, 0.25) is 10.0 Å². The molecule has 1 saturated carbocycles. The van der Waals surface area contributed by atoms with E-state index in [2.05, 4.69) is 0 Å². The summed E-state index contributed by atoms with van der Waals surface area (Å²) in [6.07, 6.45) is 1.07. The van der Waals surface area contributed by atoms with E-state index in [1.807, 2.05) is 19.9 Å². The summed E-state index contributed by atoms with van der Waals surface area (Å²) in [7, 11) is -1.97. The Morgan fingerprint density at radius 2 is 1.86 bits per heavy atom. The lowest BCUT2D eigenvalue weighted by atomic mass is 9.82. The highest BCUT2D eigenvalue weighted by molar-refractivity contribution is 7.89. The van der Waals surface area contributed by atoms with Crippen LogP contribution in [0.5, 0.6) is 0 Å². The molecule has 0 saturated heterocycles. The van der Waals surface area contributed by atoms with Crippen molar-refractivity contribution >= 4 is 15.7 Å². The highest BCUT2D eigenvalue weighted by atomic mass is 32.2. The Bertz CT molecular complexity index is 623. The summed E-state index contributed by atoms with van der Waals surface area (Å²) in [6.45, 7) is 5.86. The van der Waals surface area contributed by atoms with Gasteiger partial charge >= 0.3 is 0 Å². The molecule has 1 aliphatic rings. The molecule has 0 aliphatic heterocycles. The van der Waals surface area contributed by atoms with Crippen LogP contribution in [0.25, 0.3) is 0 Å². The van der Waals surface area contributed by atoms with E-state index in [-0.39, 0.29) is 12.0 Å². The largest absolute Gasteiger partial charge is 0.398 e. The third-order valence-corrected chi connectivity index (χ3v) is 6.57. The predicted octanol–water partition coefficient (Wildman–Crippen LogP) is 1.59. The van der Waals surface area contributed by atoms with Crippen LogP contribution in [-0.4, -0.2) is 37.5 Å². The molecule has 1 aliphatic carbocycles. The van der Waals surface area contributed by atoms with Crippen molar-refractivity contribution in [2.24, 2.45) is 5.92 Å². The van der Waals surface area contributed by atoms with Gasteiger partial charge in [0.25, 0.3) is 0 Å². The zero-order valence-electron chi connectivity index (χ0n) is 13.0. The van der Waals surface area contributed by atoms with Crippen LogP contribution < -0.4 is 5.73 Å². The van der Waals surface area contributed by atoms with Crippen molar-refractivity contribution < 1.29 is 13.5 Å². The smallest absolute Gasteiger partial charge is 0.243 e. The first-order chi connectivity index (χ1) is 9.64. The number of sulfonamides is 1. The molecule has 6 heteroatoms. The van der Waals surface area contributed by atoms with E-state index in [4.69, 9.17) is 5.73 Å². The number of aryl methyl sites for hydroxylation is 1. The molecule has 3 N–H and O–H groups in total. The maximum Gasteiger partial charge on any atom is 0.243 e. The molecule has 0 unspecified atom stereocenters. The summed E-state index contributed by atoms with van der Waals surface area (Å²) in [5.74, 6) is 0.238. The molecular weight excluding hydrogens is 288 g/mol. The number of nitrogens with zero attached hydrogens (tertiary/aromatic N) is 1. The first kappa shape index (κ1) is 16.3. The molecule has 0 spiro atoms. The van der Waals surface area contributed by atoms with Crippen molar-refractivity contribution in [3.63, 3.8) is 0 Å². The third kappa shape index (κ3) is 2.93. The van der Waals surface area contributed by atoms with E-state index >= 15 is 0 Å². The van der Waals surface area contributed by atoms with Crippen LogP contribution in [0.1, 0.15) is 29.5 Å². The number of rotatable bonds is 4. The molecule has 21 heavy (non-hydrogen) atoms. The summed E-state index contributed by atoms with van der Waals surface area (Å²) in [4.78, 5) is 0.322. The van der Waals surface area contributed by atoms with Crippen molar-refractivity contribution in [3.05, 3.63) is 22.8 Å². The predicted molar refractivity (Wildman–Crippen MR) is 83.6 cm³/mol. The van der Waals surface area contributed by atoms with Crippen LogP contribution in [0.4, 0.5) is 5.69 Å². The summed E-state index contributed by atoms with van der Waals surface area (Å²) in [6, 6.07) is 1.81. The Morgan fingerprint density at radius 3 is 2.38 bits per heavy atom. The van der Waals surface area contributed by atoms with Gasteiger partial charge in [0.15, 0.2) is 0 Å². The topological polar surface area (TPSA) is 83.6 Å². The molecule has 0 heterocycles. The van der Waals surface area contributed by atoms with Crippen molar-refractivity contribution in [1.82, 2.24) is 4.31 Å². The molecule has 0 amide bonds. The van der Waals surface area contributed by atoms with Gasteiger partial charge in [-0.1, -0.05) is 0 Å². The van der Waals surface area contributed by atoms with Crippen molar-refractivity contribution in [2.75, 3.05) is 19.3 Å². The van der Waals surface area contributed by atoms with Gasteiger partial charge in [-0.15, -0.1) is 0 Å². The summed E-state index contributed by atoms with van der Waals surface area (Å²) in [5, 5.41) is 9.33. The van der Waals surface area contributed by atoms with E-state index in [1.165, 1.54) is 4.31 Å². The Kier molecular flexibility index (Phi) is 4.33. The summed E-state index contributed by atoms with van der Waals surface area (Å²) in [5.41, 5.74) is 8.67. The lowest BCUT2D eigenvalue weighted by molar-refractivity contribution is 0.0367. The van der Waals surface area contributed by atoms with Gasteiger partial charge in [0, 0.05) is 19.3 Å². The number of hydrogen-bond donors (Lipinski definition) is 2. The molecule has 1 aromatic rings. The molecule has 1 fully saturated rings. The summed E-state index contributed by atoms with van der Waals surface area (Å²) < 4.78 is 27.1. The van der Waals surface area contributed by atoms with Gasteiger partial charge < -0.3 is 10.8 Å². The first-order valence-corrected chi connectivity index (χ1v) is 8.59. The van der Waals surface area contributed by atoms with E-state index in [0.29, 0.717) is 35.5 Å². The average Bonchev–Trinajstić information content (AvgIpc) is 2.34. The first-order valence-electron chi connectivity index (χ1n) is 7.15. The molecule has 0 aromatic heterocycles. The van der Waals surface area contributed by atoms with Crippen LogP contribution in [0, 0.1) is 26.7 Å². The average molecular weight is 312 g/mol. The van der Waals surface area contributed by atoms with Gasteiger partial charge in [0.05, 0.1) is 11.0 Å². The number of aliphatic hydroxyl groups excluding tert-OH is 1. The van der Waals surface area contributed by atoms with E-state index < -0.39 is 10.0 Å². The lowest BCUT2D eigenvalue weighted by Crippen LogP contribution is -2.39. The molecule has 118 valence electrons. The van der Waals surface area contributed by atoms with E-state index in [0.717, 1.165) is 11.1 Å². The molecule has 0 bridgehead atoms. The highest BCUT2D eigenvalue weighted by Crippen LogP contribution is 2.32. The molecule has 5 nitrogen and oxygen atoms in total. The highest BCUT2D eigenvalue weighted by Gasteiger charge is 2.33. The Hall–Kier alpha value is -1.11. The molecular formula is C15H24N2O3S. The SMILES string of the molecule is Cc1cc(N)c(C)c(S(=O)(=O)N(C)CC2CC(O)C2)c1C. The number of nitrogen functional groups attached to an aromatic ring is 1. The Labute approximate surface area is 126 Å². The Balaban J connectivity index is 2.35. The minimum Gasteiger partial charge on any atom is -0.398 e. The fourth-order valence-electron chi connectivity index (χ4n) is 2.90. The monoisotopic (exact) mass is 312 g/mol. The second kappa shape index (κ2) is 5.59. The number of aliphatic hydroxyl groups is 1. The third-order valence-electron chi connectivity index (χ3n) is 4.47. The van der Waals surface area contributed by atoms with Crippen molar-refractivity contribution in [1.29, 1.82) is 0 Å². The number of nitrogens with two attached hydrogens (primary N) is 1. The van der Waals surface area contributed by atoms with Crippen LogP contribution in [0.2, 0.25) is 0 Å².